The summed E-state index contributed by atoms with van der Waals surface area (Å²) in [6.45, 7) is 0. The van der Waals surface area contributed by atoms with Crippen LogP contribution in [0.3, 0.4) is 0 Å². The van der Waals surface area contributed by atoms with Gasteiger partial charge in [-0.2, -0.15) is 0 Å². The molecule has 52 valence electrons. The van der Waals surface area contributed by atoms with Crippen LogP contribution in [0.15, 0.2) is 0 Å². The Hall–Kier alpha value is 0.620. The minimum atomic E-state index is -2.12. The molecule has 6 nitrogen and oxygen atoms in total. The molecule has 0 aromatic rings. The van der Waals surface area contributed by atoms with E-state index in [1.165, 1.54) is 0 Å². The minimum absolute atomic E-state index is 1.62. The van der Waals surface area contributed by atoms with Gasteiger partial charge in [0.2, 0.25) is 8.53 Å². The highest BCUT2D eigenvalue weighted by atomic mass is 31.2. The standard InChI is InChI=1S/H5N2OP.H4NO2P/c2*1-4(2)3/h3H,1-2H2;2-3H,1H2. The molecule has 0 saturated heterocycles. The van der Waals surface area contributed by atoms with E-state index in [-0.39, 0.29) is 0 Å². The van der Waals surface area contributed by atoms with Gasteiger partial charge in [-0.3, -0.25) is 16.5 Å². The summed E-state index contributed by atoms with van der Waals surface area (Å²) in [5, 5.41) is 0. The van der Waals surface area contributed by atoms with Gasteiger partial charge >= 0.3 is 0 Å². The number of hydrogen-bond donors (Lipinski definition) is 6. The van der Waals surface area contributed by atoms with Crippen molar-refractivity contribution < 1.29 is 14.7 Å². The van der Waals surface area contributed by atoms with Gasteiger partial charge in [0.25, 0.3) is 0 Å². The maximum atomic E-state index is 7.68. The minimum Gasteiger partial charge on any atom is -0.348 e. The summed E-state index contributed by atoms with van der Waals surface area (Å²) < 4.78 is 0. The molecular weight excluding hydrogens is 152 g/mol. The van der Waals surface area contributed by atoms with E-state index in [1.54, 1.807) is 0 Å². The van der Waals surface area contributed by atoms with Crippen LogP contribution in [0.1, 0.15) is 0 Å². The predicted octanol–water partition coefficient (Wildman–Crippen LogP) is -1.72. The zero-order valence-corrected chi connectivity index (χ0v) is 5.76. The van der Waals surface area contributed by atoms with Crippen molar-refractivity contribution >= 4 is 17.0 Å². The van der Waals surface area contributed by atoms with Crippen molar-refractivity contribution in [2.75, 3.05) is 0 Å². The fraction of sp³-hybridized carbons (Fsp3) is 0. The highest BCUT2D eigenvalue weighted by molar-refractivity contribution is 7.46. The summed E-state index contributed by atoms with van der Waals surface area (Å²) in [5.41, 5.74) is 13.3. The van der Waals surface area contributed by atoms with Crippen molar-refractivity contribution in [3.63, 3.8) is 0 Å². The second-order valence-corrected chi connectivity index (χ2v) is 2.10. The van der Waals surface area contributed by atoms with Gasteiger partial charge in [-0.1, -0.05) is 0 Å². The molecule has 9 N–H and O–H groups in total. The fourth-order valence-corrected chi connectivity index (χ4v) is 0. The summed E-state index contributed by atoms with van der Waals surface area (Å²) in [7, 11) is -3.74. The SMILES string of the molecule is NP(N)O.NP(O)O. The van der Waals surface area contributed by atoms with Crippen LogP contribution in [-0.2, 0) is 0 Å². The number of nitrogens with two attached hydrogens (primary N) is 3. The third-order valence-electron chi connectivity index (χ3n) is 0. The van der Waals surface area contributed by atoms with Gasteiger partial charge in [0.05, 0.1) is 0 Å². The molecule has 0 amide bonds. The first-order chi connectivity index (χ1) is 3.46. The highest BCUT2D eigenvalue weighted by Gasteiger charge is 1.72. The molecule has 8 heteroatoms. The van der Waals surface area contributed by atoms with Gasteiger partial charge in [-0.15, -0.1) is 0 Å². The van der Waals surface area contributed by atoms with Crippen molar-refractivity contribution in [3.05, 3.63) is 0 Å². The number of rotatable bonds is 0. The van der Waals surface area contributed by atoms with Crippen LogP contribution < -0.4 is 16.5 Å². The van der Waals surface area contributed by atoms with Gasteiger partial charge in [0, 0.05) is 0 Å². The molecule has 0 aliphatic rings. The van der Waals surface area contributed by atoms with Gasteiger partial charge in [-0.05, 0) is 0 Å². The topological polar surface area (TPSA) is 139 Å². The average molecular weight is 161 g/mol. The Bertz CT molecular complexity index is 28.0. The molecule has 0 unspecified atom stereocenters. The van der Waals surface area contributed by atoms with E-state index in [9.17, 15) is 0 Å². The lowest BCUT2D eigenvalue weighted by Gasteiger charge is -1.81. The van der Waals surface area contributed by atoms with Crippen LogP contribution in [0.25, 0.3) is 0 Å². The smallest absolute Gasteiger partial charge is 0.247 e. The normalized spacial score (nSPS) is 9.00. The van der Waals surface area contributed by atoms with Crippen LogP contribution >= 0.6 is 17.0 Å². The Morgan fingerprint density at radius 3 is 0.875 bits per heavy atom. The molecule has 0 aliphatic carbocycles. The van der Waals surface area contributed by atoms with Gasteiger partial charge < -0.3 is 14.7 Å². The second-order valence-electron chi connectivity index (χ2n) is 0.700. The van der Waals surface area contributed by atoms with E-state index in [0.717, 1.165) is 0 Å². The zero-order valence-electron chi connectivity index (χ0n) is 3.97. The van der Waals surface area contributed by atoms with Crippen LogP contribution in [0.2, 0.25) is 0 Å². The highest BCUT2D eigenvalue weighted by Crippen LogP contribution is 2.05. The third-order valence-corrected chi connectivity index (χ3v) is 0. The van der Waals surface area contributed by atoms with Crippen LogP contribution in [-0.4, -0.2) is 14.7 Å². The molecule has 0 fully saturated rings. The van der Waals surface area contributed by atoms with Crippen LogP contribution in [0.4, 0.5) is 0 Å². The van der Waals surface area contributed by atoms with Gasteiger partial charge in [-0.25, -0.2) is 0 Å². The number of hydrogen-bond acceptors (Lipinski definition) is 6. The lowest BCUT2D eigenvalue weighted by Crippen LogP contribution is -1.93. The van der Waals surface area contributed by atoms with E-state index < -0.39 is 17.0 Å². The van der Waals surface area contributed by atoms with Gasteiger partial charge in [0.1, 0.15) is 0 Å². The molecule has 0 spiro atoms. The van der Waals surface area contributed by atoms with Crippen LogP contribution in [0.5, 0.6) is 0 Å². The Morgan fingerprint density at radius 1 is 0.875 bits per heavy atom. The molecule has 0 aliphatic heterocycles. The van der Waals surface area contributed by atoms with Crippen molar-refractivity contribution in [2.45, 2.75) is 0 Å². The monoisotopic (exact) mass is 161 g/mol. The zero-order chi connectivity index (χ0) is 7.15. The van der Waals surface area contributed by atoms with E-state index in [4.69, 9.17) is 14.7 Å². The fourth-order valence-electron chi connectivity index (χ4n) is 0. The average Bonchev–Trinajstić information content (AvgIpc) is 1.25. The van der Waals surface area contributed by atoms with Crippen molar-refractivity contribution in [2.24, 2.45) is 16.5 Å². The Balaban J connectivity index is 0. The quantitative estimate of drug-likeness (QED) is 0.233. The van der Waals surface area contributed by atoms with Gasteiger partial charge in [0.15, 0.2) is 8.45 Å². The maximum absolute atomic E-state index is 7.68. The molecule has 8 heavy (non-hydrogen) atoms. The lowest BCUT2D eigenvalue weighted by molar-refractivity contribution is 0.485. The first kappa shape index (κ1) is 11.4. The molecule has 0 atom stereocenters. The van der Waals surface area contributed by atoms with E-state index >= 15 is 0 Å². The second kappa shape index (κ2) is 7.62. The Labute approximate surface area is 49.2 Å². The lowest BCUT2D eigenvalue weighted by atomic mass is 13.9. The molecule has 0 rings (SSSR count). The van der Waals surface area contributed by atoms with Crippen molar-refractivity contribution in [3.8, 4) is 0 Å². The van der Waals surface area contributed by atoms with E-state index in [0.29, 0.717) is 0 Å². The van der Waals surface area contributed by atoms with E-state index in [1.807, 2.05) is 0 Å². The summed E-state index contributed by atoms with van der Waals surface area (Å²) in [6, 6.07) is 0. The van der Waals surface area contributed by atoms with Crippen LogP contribution in [0, 0.1) is 0 Å². The molecule has 0 saturated carbocycles. The predicted molar refractivity (Wildman–Crippen MR) is 33.1 cm³/mol. The Kier molecular flexibility index (Phi) is 10.9. The molecule has 0 heterocycles. The summed E-state index contributed by atoms with van der Waals surface area (Å²) >= 11 is 0. The summed E-state index contributed by atoms with van der Waals surface area (Å²) in [6.07, 6.45) is 0. The van der Waals surface area contributed by atoms with Crippen molar-refractivity contribution in [1.82, 2.24) is 0 Å². The molecule has 0 aromatic carbocycles. The molecular formula is H9N3O3P2. The summed E-state index contributed by atoms with van der Waals surface area (Å²) in [5.74, 6) is 0. The molecule has 0 radical (unpaired) electrons. The molecule has 0 aromatic heterocycles. The van der Waals surface area contributed by atoms with E-state index in [2.05, 4.69) is 16.5 Å². The Morgan fingerprint density at radius 2 is 0.875 bits per heavy atom. The first-order valence-corrected chi connectivity index (χ1v) is 4.12. The third kappa shape index (κ3) is 544. The molecule has 0 bridgehead atoms. The summed E-state index contributed by atoms with van der Waals surface area (Å²) in [4.78, 5) is 22.6. The largest absolute Gasteiger partial charge is 0.348 e. The van der Waals surface area contributed by atoms with Crippen molar-refractivity contribution in [1.29, 1.82) is 0 Å². The first-order valence-electron chi connectivity index (χ1n) is 1.37. The maximum Gasteiger partial charge on any atom is 0.247 e.